The van der Waals surface area contributed by atoms with Crippen molar-refractivity contribution in [2.75, 3.05) is 26.5 Å². The molecule has 3 rings (SSSR count). The van der Waals surface area contributed by atoms with Gasteiger partial charge >= 0.3 is 0 Å². The summed E-state index contributed by atoms with van der Waals surface area (Å²) >= 11 is 1.18. The third-order valence-electron chi connectivity index (χ3n) is 5.52. The van der Waals surface area contributed by atoms with Crippen molar-refractivity contribution in [3.05, 3.63) is 75.2 Å². The van der Waals surface area contributed by atoms with Crippen LogP contribution in [0.5, 0.6) is 11.5 Å². The molecule has 0 fully saturated rings. The van der Waals surface area contributed by atoms with Gasteiger partial charge in [-0.15, -0.1) is 11.3 Å². The molecule has 2 N–H and O–H groups in total. The summed E-state index contributed by atoms with van der Waals surface area (Å²) in [5.41, 5.74) is 2.36. The molecule has 0 aliphatic rings. The number of primary sulfonamides is 1. The van der Waals surface area contributed by atoms with Gasteiger partial charge in [0.25, 0.3) is 5.91 Å². The third kappa shape index (κ3) is 7.36. The lowest BCUT2D eigenvalue weighted by Crippen LogP contribution is -2.32. The zero-order valence-electron chi connectivity index (χ0n) is 20.4. The minimum absolute atomic E-state index is 0.0133. The number of carbonyl (C=O) groups is 2. The second-order valence-corrected chi connectivity index (χ2v) is 10.7. The van der Waals surface area contributed by atoms with Crippen LogP contribution in [0.4, 0.5) is 0 Å². The predicted octanol–water partition coefficient (Wildman–Crippen LogP) is 3.22. The molecule has 1 heterocycles. The SMILES string of the molecule is COc1cc(C(=O)N(CCCc2ccccc2)Cc2nc(C(=O)CS(N)(=O)=O)cs2)cc(OC)c1C. The largest absolute Gasteiger partial charge is 0.496 e. The summed E-state index contributed by atoms with van der Waals surface area (Å²) in [6, 6.07) is 13.3. The highest BCUT2D eigenvalue weighted by atomic mass is 32.2. The lowest BCUT2D eigenvalue weighted by Gasteiger charge is -2.23. The number of hydrogen-bond donors (Lipinski definition) is 1. The van der Waals surface area contributed by atoms with Crippen LogP contribution in [0.1, 0.15) is 43.4 Å². The summed E-state index contributed by atoms with van der Waals surface area (Å²) in [7, 11) is -0.901. The minimum atomic E-state index is -3.96. The van der Waals surface area contributed by atoms with Crippen molar-refractivity contribution in [2.45, 2.75) is 26.3 Å². The first-order valence-corrected chi connectivity index (χ1v) is 13.7. The smallest absolute Gasteiger partial charge is 0.254 e. The van der Waals surface area contributed by atoms with E-state index in [9.17, 15) is 18.0 Å². The number of thiazole rings is 1. The Morgan fingerprint density at radius 2 is 1.72 bits per heavy atom. The number of carbonyl (C=O) groups excluding carboxylic acids is 2. The van der Waals surface area contributed by atoms with Crippen molar-refractivity contribution in [3.63, 3.8) is 0 Å². The van der Waals surface area contributed by atoms with E-state index in [-0.39, 0.29) is 18.1 Å². The second kappa shape index (κ2) is 12.1. The Morgan fingerprint density at radius 1 is 1.08 bits per heavy atom. The average molecular weight is 532 g/mol. The molecule has 1 aromatic heterocycles. The van der Waals surface area contributed by atoms with Gasteiger partial charge in [0, 0.05) is 23.1 Å². The van der Waals surface area contributed by atoms with E-state index in [1.165, 1.54) is 30.9 Å². The fourth-order valence-corrected chi connectivity index (χ4v) is 5.02. The molecule has 0 aliphatic heterocycles. The van der Waals surface area contributed by atoms with E-state index in [1.807, 2.05) is 37.3 Å². The molecule has 0 spiro atoms. The second-order valence-electron chi connectivity index (χ2n) is 8.18. The van der Waals surface area contributed by atoms with Crippen molar-refractivity contribution < 1.29 is 27.5 Å². The number of nitrogens with two attached hydrogens (primary N) is 1. The van der Waals surface area contributed by atoms with Gasteiger partial charge in [0.1, 0.15) is 28.0 Å². The summed E-state index contributed by atoms with van der Waals surface area (Å²) < 4.78 is 33.4. The Kier molecular flexibility index (Phi) is 9.19. The molecule has 1 amide bonds. The molecule has 0 aliphatic carbocycles. The Balaban J connectivity index is 1.84. The van der Waals surface area contributed by atoms with Crippen LogP contribution in [0.15, 0.2) is 47.8 Å². The fourth-order valence-electron chi connectivity index (χ4n) is 3.69. The Bertz CT molecular complexity index is 1300. The maximum Gasteiger partial charge on any atom is 0.254 e. The standard InChI is InChI=1S/C25H29N3O6S2/c1-17-22(33-2)12-19(13-23(17)34-3)25(30)28(11-7-10-18-8-5-4-6-9-18)14-24-27-20(15-35-24)21(29)16-36(26,31)32/h4-6,8-9,12-13,15H,7,10-11,14,16H2,1-3H3,(H2,26,31,32). The first-order valence-electron chi connectivity index (χ1n) is 11.1. The summed E-state index contributed by atoms with van der Waals surface area (Å²) in [4.78, 5) is 31.7. The minimum Gasteiger partial charge on any atom is -0.496 e. The number of ether oxygens (including phenoxy) is 2. The number of rotatable bonds is 12. The highest BCUT2D eigenvalue weighted by Gasteiger charge is 2.22. The van der Waals surface area contributed by atoms with Gasteiger partial charge < -0.3 is 14.4 Å². The lowest BCUT2D eigenvalue weighted by atomic mass is 10.1. The molecule has 9 nitrogen and oxygen atoms in total. The maximum atomic E-state index is 13.6. The fraction of sp³-hybridized carbons (Fsp3) is 0.320. The third-order valence-corrected chi connectivity index (χ3v) is 7.02. The van der Waals surface area contributed by atoms with Crippen LogP contribution in [-0.2, 0) is 23.0 Å². The number of aryl methyl sites for hydroxylation is 1. The number of hydrogen-bond acceptors (Lipinski definition) is 8. The van der Waals surface area contributed by atoms with E-state index < -0.39 is 21.6 Å². The van der Waals surface area contributed by atoms with Crippen LogP contribution in [0, 0.1) is 6.92 Å². The molecule has 0 unspecified atom stereocenters. The van der Waals surface area contributed by atoms with Crippen LogP contribution in [0.25, 0.3) is 0 Å². The quantitative estimate of drug-likeness (QED) is 0.355. The van der Waals surface area contributed by atoms with E-state index >= 15 is 0 Å². The van der Waals surface area contributed by atoms with Gasteiger partial charge in [-0.2, -0.15) is 0 Å². The number of nitrogens with zero attached hydrogens (tertiary/aromatic N) is 2. The van der Waals surface area contributed by atoms with Gasteiger partial charge in [-0.05, 0) is 37.5 Å². The highest BCUT2D eigenvalue weighted by Crippen LogP contribution is 2.30. The van der Waals surface area contributed by atoms with E-state index in [1.54, 1.807) is 17.0 Å². The van der Waals surface area contributed by atoms with E-state index in [0.29, 0.717) is 35.0 Å². The van der Waals surface area contributed by atoms with E-state index in [4.69, 9.17) is 14.6 Å². The molecule has 0 bridgehead atoms. The zero-order chi connectivity index (χ0) is 26.3. The maximum absolute atomic E-state index is 13.6. The molecule has 11 heteroatoms. The molecule has 0 radical (unpaired) electrons. The van der Waals surface area contributed by atoms with Crippen molar-refractivity contribution in [1.82, 2.24) is 9.88 Å². The Hall–Kier alpha value is -3.28. The summed E-state index contributed by atoms with van der Waals surface area (Å²) in [5, 5.41) is 6.97. The van der Waals surface area contributed by atoms with Gasteiger partial charge in [-0.3, -0.25) is 9.59 Å². The van der Waals surface area contributed by atoms with Gasteiger partial charge in [-0.25, -0.2) is 18.5 Å². The molecule has 192 valence electrons. The molecule has 0 atom stereocenters. The topological polar surface area (TPSA) is 129 Å². The van der Waals surface area contributed by atoms with Gasteiger partial charge in [-0.1, -0.05) is 30.3 Å². The van der Waals surface area contributed by atoms with E-state index in [0.717, 1.165) is 17.5 Å². The van der Waals surface area contributed by atoms with Crippen LogP contribution >= 0.6 is 11.3 Å². The molecular formula is C25H29N3O6S2. The van der Waals surface area contributed by atoms with Crippen molar-refractivity contribution in [2.24, 2.45) is 5.14 Å². The van der Waals surface area contributed by atoms with Gasteiger partial charge in [0.2, 0.25) is 10.0 Å². The zero-order valence-corrected chi connectivity index (χ0v) is 22.0. The Labute approximate surface area is 214 Å². The normalized spacial score (nSPS) is 11.2. The molecular weight excluding hydrogens is 502 g/mol. The Morgan fingerprint density at radius 3 is 2.31 bits per heavy atom. The van der Waals surface area contributed by atoms with Crippen LogP contribution in [0.2, 0.25) is 0 Å². The van der Waals surface area contributed by atoms with Crippen LogP contribution in [0.3, 0.4) is 0 Å². The monoisotopic (exact) mass is 531 g/mol. The number of amides is 1. The number of methoxy groups -OCH3 is 2. The van der Waals surface area contributed by atoms with E-state index in [2.05, 4.69) is 4.98 Å². The molecule has 36 heavy (non-hydrogen) atoms. The number of sulfonamides is 1. The van der Waals surface area contributed by atoms with Crippen LogP contribution in [-0.4, -0.2) is 56.5 Å². The molecule has 0 saturated carbocycles. The predicted molar refractivity (Wildman–Crippen MR) is 138 cm³/mol. The number of benzene rings is 2. The molecule has 3 aromatic rings. The highest BCUT2D eigenvalue weighted by molar-refractivity contribution is 7.89. The molecule has 0 saturated heterocycles. The average Bonchev–Trinajstić information content (AvgIpc) is 3.31. The number of ketones is 1. The van der Waals surface area contributed by atoms with Gasteiger partial charge in [0.15, 0.2) is 5.78 Å². The first kappa shape index (κ1) is 27.3. The van der Waals surface area contributed by atoms with Crippen molar-refractivity contribution in [1.29, 1.82) is 0 Å². The van der Waals surface area contributed by atoms with Gasteiger partial charge in [0.05, 0.1) is 20.8 Å². The van der Waals surface area contributed by atoms with Crippen molar-refractivity contribution >= 4 is 33.1 Å². The number of aromatic nitrogens is 1. The molecule has 2 aromatic carbocycles. The van der Waals surface area contributed by atoms with Crippen LogP contribution < -0.4 is 14.6 Å². The van der Waals surface area contributed by atoms with Crippen molar-refractivity contribution in [3.8, 4) is 11.5 Å². The summed E-state index contributed by atoms with van der Waals surface area (Å²) in [6.07, 6.45) is 1.49. The first-order chi connectivity index (χ1) is 17.1. The summed E-state index contributed by atoms with van der Waals surface area (Å²) in [6.45, 7) is 2.44. The number of Topliss-reactive ketones (excluding diaryl/α,β-unsaturated/α-hetero) is 1. The lowest BCUT2D eigenvalue weighted by molar-refractivity contribution is 0.0740. The summed E-state index contributed by atoms with van der Waals surface area (Å²) in [5.74, 6) is -0.680.